The van der Waals surface area contributed by atoms with Crippen molar-refractivity contribution in [1.29, 1.82) is 0 Å². The molecule has 178 valence electrons. The van der Waals surface area contributed by atoms with Gasteiger partial charge in [-0.1, -0.05) is 25.4 Å². The van der Waals surface area contributed by atoms with Gasteiger partial charge in [-0.3, -0.25) is 15.3 Å². The molecule has 33 heavy (non-hydrogen) atoms. The van der Waals surface area contributed by atoms with Crippen LogP contribution in [0.1, 0.15) is 42.2 Å². The molecular weight excluding hydrogens is 448 g/mol. The number of pyridine rings is 1. The number of guanidine groups is 1. The molecule has 1 aromatic heterocycles. The van der Waals surface area contributed by atoms with E-state index >= 15 is 0 Å². The van der Waals surface area contributed by atoms with E-state index in [0.29, 0.717) is 36.1 Å². The quantitative estimate of drug-likeness (QED) is 0.117. The van der Waals surface area contributed by atoms with Crippen molar-refractivity contribution in [2.24, 2.45) is 17.5 Å². The second kappa shape index (κ2) is 10.7. The van der Waals surface area contributed by atoms with Crippen LogP contribution in [0.5, 0.6) is 5.75 Å². The first kappa shape index (κ1) is 24.6. The van der Waals surface area contributed by atoms with Crippen LogP contribution in [0.4, 0.5) is 0 Å². The minimum Gasteiger partial charge on any atom is -0.492 e. The number of hydrogen-bond donors (Lipinski definition) is 5. The van der Waals surface area contributed by atoms with E-state index in [1.807, 2.05) is 16.7 Å². The van der Waals surface area contributed by atoms with Crippen molar-refractivity contribution in [2.45, 2.75) is 32.7 Å². The summed E-state index contributed by atoms with van der Waals surface area (Å²) in [6, 6.07) is 5.23. The van der Waals surface area contributed by atoms with E-state index in [0.717, 1.165) is 17.5 Å². The number of rotatable bonds is 8. The third-order valence-electron chi connectivity index (χ3n) is 5.52. The lowest BCUT2D eigenvalue weighted by Gasteiger charge is -2.33. The Morgan fingerprint density at radius 3 is 2.76 bits per heavy atom. The smallest absolute Gasteiger partial charge is 0.371 e. The fourth-order valence-electron chi connectivity index (χ4n) is 3.89. The zero-order chi connectivity index (χ0) is 24.1. The molecule has 3 rings (SSSR count). The first-order chi connectivity index (χ1) is 15.8. The number of nitrogens with two attached hydrogens (primary N) is 2. The molecule has 1 aliphatic heterocycles. The van der Waals surface area contributed by atoms with Gasteiger partial charge in [0.2, 0.25) is 0 Å². The second-order valence-electron chi connectivity index (χ2n) is 8.13. The largest absolute Gasteiger partial charge is 0.492 e. The summed E-state index contributed by atoms with van der Waals surface area (Å²) in [6.07, 6.45) is 3.02. The molecule has 10 nitrogen and oxygen atoms in total. The Bertz CT molecular complexity index is 1110. The summed E-state index contributed by atoms with van der Waals surface area (Å²) < 4.78 is 12.9. The standard InChI is InChI=1S/C22H29ClN6O4/c1-12(2)17-7-13-8-20(33-6-4-5-32-3)16(23)9-14(13)18-10-19(30)15(11-29(17)18)21(31)26-22(24)27-28-25/h8-12,17,28H,4-7,25H2,1-3H3,(H3,24,26,27,31)/p+1. The summed E-state index contributed by atoms with van der Waals surface area (Å²) >= 11 is 6.50. The average Bonchev–Trinajstić information content (AvgIpc) is 2.76. The Morgan fingerprint density at radius 1 is 1.33 bits per heavy atom. The number of aromatic nitrogens is 1. The normalized spacial score (nSPS) is 15.1. The molecule has 0 bridgehead atoms. The molecule has 0 spiro atoms. The number of hydrazine groups is 2. The van der Waals surface area contributed by atoms with Gasteiger partial charge in [-0.25, -0.2) is 16.7 Å². The van der Waals surface area contributed by atoms with E-state index < -0.39 is 11.3 Å². The van der Waals surface area contributed by atoms with Gasteiger partial charge < -0.3 is 14.0 Å². The van der Waals surface area contributed by atoms with E-state index in [1.54, 1.807) is 13.3 Å². The van der Waals surface area contributed by atoms with E-state index in [1.165, 1.54) is 6.07 Å². The first-order valence-electron chi connectivity index (χ1n) is 10.6. The number of halogens is 1. The highest BCUT2D eigenvalue weighted by Crippen LogP contribution is 2.41. The Hall–Kier alpha value is -3.08. The van der Waals surface area contributed by atoms with Crippen molar-refractivity contribution in [3.63, 3.8) is 0 Å². The molecule has 2 aromatic rings. The summed E-state index contributed by atoms with van der Waals surface area (Å²) in [5, 5.41) is 5.20. The summed E-state index contributed by atoms with van der Waals surface area (Å²) in [6.45, 7) is 5.28. The molecule has 0 saturated heterocycles. The van der Waals surface area contributed by atoms with E-state index in [9.17, 15) is 9.59 Å². The average molecular weight is 478 g/mol. The van der Waals surface area contributed by atoms with Gasteiger partial charge in [0, 0.05) is 44.0 Å². The van der Waals surface area contributed by atoms with Gasteiger partial charge >= 0.3 is 11.9 Å². The molecule has 0 saturated carbocycles. The molecule has 7 N–H and O–H groups in total. The van der Waals surface area contributed by atoms with Gasteiger partial charge in [0.15, 0.2) is 5.43 Å². The lowest BCUT2D eigenvalue weighted by molar-refractivity contribution is -0.530. The molecule has 0 aliphatic carbocycles. The van der Waals surface area contributed by atoms with Gasteiger partial charge in [0.25, 0.3) is 0 Å². The third kappa shape index (κ3) is 5.47. The van der Waals surface area contributed by atoms with Gasteiger partial charge in [-0.15, -0.1) is 0 Å². The number of hydrazone groups is 1. The van der Waals surface area contributed by atoms with Crippen LogP contribution >= 0.6 is 11.6 Å². The van der Waals surface area contributed by atoms with Crippen LogP contribution in [0, 0.1) is 5.92 Å². The molecule has 1 aliphatic rings. The lowest BCUT2D eigenvalue weighted by atomic mass is 9.87. The fourth-order valence-corrected chi connectivity index (χ4v) is 4.11. The minimum atomic E-state index is -0.637. The Labute approximate surface area is 196 Å². The van der Waals surface area contributed by atoms with Crippen molar-refractivity contribution in [3.05, 3.63) is 50.8 Å². The van der Waals surface area contributed by atoms with Crippen LogP contribution in [-0.2, 0) is 11.2 Å². The number of fused-ring (bicyclic) bond motifs is 3. The maximum atomic E-state index is 12.9. The minimum absolute atomic E-state index is 0.0207. The molecule has 2 heterocycles. The number of hydrogen-bond acceptors (Lipinski definition) is 6. The SMILES string of the molecule is COCCCOc1cc2c(cc1Cl)-c1cc(=O)c(C(=O)N/C(N)=[NH+]/NN)cn1C(C(C)C)C2. The van der Waals surface area contributed by atoms with Crippen molar-refractivity contribution >= 4 is 23.5 Å². The van der Waals surface area contributed by atoms with E-state index in [-0.39, 0.29) is 23.5 Å². The predicted molar refractivity (Wildman–Crippen MR) is 126 cm³/mol. The molecule has 1 aromatic carbocycles. The topological polar surface area (TPSA) is 148 Å². The van der Waals surface area contributed by atoms with Gasteiger partial charge in [0.05, 0.1) is 17.3 Å². The summed E-state index contributed by atoms with van der Waals surface area (Å²) in [4.78, 5) is 25.5. The first-order valence-corrected chi connectivity index (χ1v) is 11.0. The monoisotopic (exact) mass is 477 g/mol. The number of ether oxygens (including phenoxy) is 2. The number of carbonyl (C=O) groups excluding carboxylic acids is 1. The second-order valence-corrected chi connectivity index (χ2v) is 8.54. The van der Waals surface area contributed by atoms with Crippen molar-refractivity contribution in [3.8, 4) is 17.0 Å². The van der Waals surface area contributed by atoms with Gasteiger partial charge in [0.1, 0.15) is 11.3 Å². The number of benzene rings is 1. The lowest BCUT2D eigenvalue weighted by Crippen LogP contribution is -2.89. The van der Waals surface area contributed by atoms with Crippen molar-refractivity contribution in [2.75, 3.05) is 20.3 Å². The third-order valence-corrected chi connectivity index (χ3v) is 5.81. The van der Waals surface area contributed by atoms with Crippen LogP contribution in [0.2, 0.25) is 5.02 Å². The molecule has 0 fully saturated rings. The molecule has 0 radical (unpaired) electrons. The number of nitrogens with one attached hydrogen (secondary N) is 3. The summed E-state index contributed by atoms with van der Waals surface area (Å²) in [7, 11) is 1.65. The molecule has 1 unspecified atom stereocenters. The van der Waals surface area contributed by atoms with Crippen LogP contribution < -0.4 is 37.7 Å². The Morgan fingerprint density at radius 2 is 2.09 bits per heavy atom. The highest BCUT2D eigenvalue weighted by molar-refractivity contribution is 6.32. The Kier molecular flexibility index (Phi) is 7.96. The van der Waals surface area contributed by atoms with Crippen LogP contribution in [-0.4, -0.2) is 36.8 Å². The van der Waals surface area contributed by atoms with E-state index in [4.69, 9.17) is 32.7 Å². The molecule has 1 atom stereocenters. The number of amides is 1. The van der Waals surface area contributed by atoms with Crippen LogP contribution in [0.25, 0.3) is 11.3 Å². The summed E-state index contributed by atoms with van der Waals surface area (Å²) in [5.41, 5.74) is 9.84. The number of nitrogens with zero attached hydrogens (tertiary/aromatic N) is 1. The molecule has 11 heteroatoms. The number of methoxy groups -OCH3 is 1. The fraction of sp³-hybridized carbons (Fsp3) is 0.409. The van der Waals surface area contributed by atoms with Gasteiger partial charge in [-0.2, -0.15) is 5.10 Å². The van der Waals surface area contributed by atoms with Gasteiger partial charge in [-0.05, 0) is 30.0 Å². The Balaban J connectivity index is 2.02. The summed E-state index contributed by atoms with van der Waals surface area (Å²) in [5.74, 6) is 5.20. The van der Waals surface area contributed by atoms with E-state index in [2.05, 4.69) is 29.8 Å². The maximum absolute atomic E-state index is 12.9. The zero-order valence-corrected chi connectivity index (χ0v) is 19.7. The number of carbonyl (C=O) groups is 1. The van der Waals surface area contributed by atoms with Crippen LogP contribution in [0.15, 0.2) is 29.2 Å². The highest BCUT2D eigenvalue weighted by Gasteiger charge is 2.29. The molecule has 1 amide bonds. The zero-order valence-electron chi connectivity index (χ0n) is 18.9. The molecular formula is C22H30ClN6O4+. The highest BCUT2D eigenvalue weighted by atomic mass is 35.5. The maximum Gasteiger partial charge on any atom is 0.371 e. The predicted octanol–water partition coefficient (Wildman–Crippen LogP) is -0.159. The van der Waals surface area contributed by atoms with Crippen molar-refractivity contribution in [1.82, 2.24) is 15.4 Å². The van der Waals surface area contributed by atoms with Crippen LogP contribution in [0.3, 0.4) is 0 Å². The van der Waals surface area contributed by atoms with Crippen molar-refractivity contribution < 1.29 is 19.4 Å².